The first-order valence-corrected chi connectivity index (χ1v) is 5.16. The van der Waals surface area contributed by atoms with Crippen LogP contribution in [-0.4, -0.2) is 33.0 Å². The number of aliphatic carboxylic acids is 1. The van der Waals surface area contributed by atoms with E-state index in [1.54, 1.807) is 0 Å². The highest BCUT2D eigenvalue weighted by atomic mass is 16.4. The first-order valence-electron chi connectivity index (χ1n) is 5.16. The first kappa shape index (κ1) is 12.9. The van der Waals surface area contributed by atoms with Crippen LogP contribution >= 0.6 is 0 Å². The van der Waals surface area contributed by atoms with Gasteiger partial charge in [-0.15, -0.1) is 0 Å². The van der Waals surface area contributed by atoms with Crippen molar-refractivity contribution in [2.75, 3.05) is 5.73 Å². The number of nitrogens with zero attached hydrogens (tertiary/aromatic N) is 2. The van der Waals surface area contributed by atoms with Gasteiger partial charge in [-0.3, -0.25) is 4.79 Å². The largest absolute Gasteiger partial charge is 0.480 e. The number of nitrogen functional groups attached to an aromatic ring is 1. The van der Waals surface area contributed by atoms with Gasteiger partial charge in [0.25, 0.3) is 5.91 Å². The monoisotopic (exact) mass is 238 g/mol. The SMILES string of the molecule is CCCC(NC(=O)c1nccnc1N)C(=O)O. The van der Waals surface area contributed by atoms with Gasteiger partial charge in [-0.2, -0.15) is 0 Å². The van der Waals surface area contributed by atoms with Crippen LogP contribution in [0.1, 0.15) is 30.3 Å². The summed E-state index contributed by atoms with van der Waals surface area (Å²) in [5.41, 5.74) is 5.41. The summed E-state index contributed by atoms with van der Waals surface area (Å²) in [7, 11) is 0. The van der Waals surface area contributed by atoms with Crippen LogP contribution in [0.2, 0.25) is 0 Å². The number of carbonyl (C=O) groups excluding carboxylic acids is 1. The van der Waals surface area contributed by atoms with Gasteiger partial charge >= 0.3 is 5.97 Å². The molecule has 1 atom stereocenters. The van der Waals surface area contributed by atoms with Crippen molar-refractivity contribution < 1.29 is 14.7 Å². The van der Waals surface area contributed by atoms with E-state index in [9.17, 15) is 9.59 Å². The Balaban J connectivity index is 2.77. The minimum absolute atomic E-state index is 0.0226. The van der Waals surface area contributed by atoms with E-state index in [0.29, 0.717) is 12.8 Å². The Hall–Kier alpha value is -2.18. The molecule has 0 aliphatic rings. The topological polar surface area (TPSA) is 118 Å². The minimum Gasteiger partial charge on any atom is -0.480 e. The van der Waals surface area contributed by atoms with Gasteiger partial charge < -0.3 is 16.2 Å². The molecule has 1 aromatic heterocycles. The number of amides is 1. The number of nitrogens with one attached hydrogen (secondary N) is 1. The van der Waals surface area contributed by atoms with Crippen molar-refractivity contribution in [2.45, 2.75) is 25.8 Å². The number of anilines is 1. The zero-order valence-corrected chi connectivity index (χ0v) is 9.38. The lowest BCUT2D eigenvalue weighted by atomic mass is 10.1. The molecule has 0 fully saturated rings. The van der Waals surface area contributed by atoms with Crippen LogP contribution in [-0.2, 0) is 4.79 Å². The number of hydrogen-bond acceptors (Lipinski definition) is 5. The van der Waals surface area contributed by atoms with Crippen molar-refractivity contribution in [3.8, 4) is 0 Å². The molecule has 92 valence electrons. The Labute approximate surface area is 98.1 Å². The van der Waals surface area contributed by atoms with Crippen LogP contribution in [0, 0.1) is 0 Å². The molecule has 7 nitrogen and oxygen atoms in total. The molecule has 1 aromatic rings. The molecule has 0 spiro atoms. The Bertz CT molecular complexity index is 422. The van der Waals surface area contributed by atoms with Gasteiger partial charge in [0.05, 0.1) is 0 Å². The molecule has 0 saturated carbocycles. The predicted molar refractivity (Wildman–Crippen MR) is 60.2 cm³/mol. The van der Waals surface area contributed by atoms with Crippen molar-refractivity contribution in [1.82, 2.24) is 15.3 Å². The first-order chi connectivity index (χ1) is 8.06. The molecule has 0 aliphatic carbocycles. The van der Waals surface area contributed by atoms with Crippen LogP contribution in [0.25, 0.3) is 0 Å². The summed E-state index contributed by atoms with van der Waals surface area (Å²) in [6.45, 7) is 1.83. The lowest BCUT2D eigenvalue weighted by molar-refractivity contribution is -0.139. The van der Waals surface area contributed by atoms with Crippen LogP contribution < -0.4 is 11.1 Å². The number of rotatable bonds is 5. The quantitative estimate of drug-likeness (QED) is 0.666. The third kappa shape index (κ3) is 3.40. The van der Waals surface area contributed by atoms with E-state index in [0.717, 1.165) is 0 Å². The van der Waals surface area contributed by atoms with E-state index in [1.807, 2.05) is 6.92 Å². The highest BCUT2D eigenvalue weighted by Crippen LogP contribution is 2.04. The molecule has 1 amide bonds. The van der Waals surface area contributed by atoms with E-state index < -0.39 is 17.9 Å². The average Bonchev–Trinajstić information content (AvgIpc) is 2.28. The number of hydrogen-bond donors (Lipinski definition) is 3. The Morgan fingerprint density at radius 3 is 2.65 bits per heavy atom. The third-order valence-electron chi connectivity index (χ3n) is 2.12. The molecular formula is C10H14N4O3. The van der Waals surface area contributed by atoms with Gasteiger partial charge in [-0.1, -0.05) is 13.3 Å². The fraction of sp³-hybridized carbons (Fsp3) is 0.400. The molecule has 1 rings (SSSR count). The summed E-state index contributed by atoms with van der Waals surface area (Å²) in [5, 5.41) is 11.2. The maximum Gasteiger partial charge on any atom is 0.326 e. The summed E-state index contributed by atoms with van der Waals surface area (Å²) in [5.74, 6) is -1.73. The molecule has 4 N–H and O–H groups in total. The van der Waals surface area contributed by atoms with Gasteiger partial charge in [0.2, 0.25) is 0 Å². The van der Waals surface area contributed by atoms with Crippen LogP contribution in [0.15, 0.2) is 12.4 Å². The molecule has 0 bridgehead atoms. The van der Waals surface area contributed by atoms with Crippen molar-refractivity contribution in [2.24, 2.45) is 0 Å². The predicted octanol–water partition coefficient (Wildman–Crippen LogP) is 0.0419. The van der Waals surface area contributed by atoms with Crippen LogP contribution in [0.3, 0.4) is 0 Å². The molecule has 0 saturated heterocycles. The van der Waals surface area contributed by atoms with E-state index in [1.165, 1.54) is 12.4 Å². The van der Waals surface area contributed by atoms with Crippen molar-refractivity contribution in [1.29, 1.82) is 0 Å². The summed E-state index contributed by atoms with van der Waals surface area (Å²) in [4.78, 5) is 30.0. The maximum atomic E-state index is 11.7. The minimum atomic E-state index is -1.08. The van der Waals surface area contributed by atoms with Gasteiger partial charge in [0.1, 0.15) is 6.04 Å². The molecule has 17 heavy (non-hydrogen) atoms. The standard InChI is InChI=1S/C10H14N4O3/c1-2-3-6(10(16)17)14-9(15)7-8(11)13-5-4-12-7/h4-6H,2-3H2,1H3,(H2,11,13)(H,14,15)(H,16,17). The fourth-order valence-corrected chi connectivity index (χ4v) is 1.30. The zero-order valence-electron chi connectivity index (χ0n) is 9.38. The summed E-state index contributed by atoms with van der Waals surface area (Å²) in [6, 6.07) is -0.936. The van der Waals surface area contributed by atoms with Crippen LogP contribution in [0.5, 0.6) is 0 Å². The third-order valence-corrected chi connectivity index (χ3v) is 2.12. The smallest absolute Gasteiger partial charge is 0.326 e. The van der Waals surface area contributed by atoms with Gasteiger partial charge in [-0.25, -0.2) is 14.8 Å². The van der Waals surface area contributed by atoms with Gasteiger partial charge in [-0.05, 0) is 6.42 Å². The van der Waals surface area contributed by atoms with Crippen molar-refractivity contribution in [3.05, 3.63) is 18.1 Å². The van der Waals surface area contributed by atoms with Crippen molar-refractivity contribution in [3.63, 3.8) is 0 Å². The molecule has 1 heterocycles. The Morgan fingerprint density at radius 2 is 2.12 bits per heavy atom. The molecule has 1 unspecified atom stereocenters. The highest BCUT2D eigenvalue weighted by Gasteiger charge is 2.21. The molecule has 0 radical (unpaired) electrons. The molecule has 0 aliphatic heterocycles. The molecular weight excluding hydrogens is 224 g/mol. The number of carbonyl (C=O) groups is 2. The normalized spacial score (nSPS) is 11.8. The highest BCUT2D eigenvalue weighted by molar-refractivity contribution is 5.98. The van der Waals surface area contributed by atoms with Gasteiger partial charge in [0, 0.05) is 12.4 Å². The van der Waals surface area contributed by atoms with E-state index >= 15 is 0 Å². The van der Waals surface area contributed by atoms with E-state index in [-0.39, 0.29) is 11.5 Å². The van der Waals surface area contributed by atoms with E-state index in [2.05, 4.69) is 15.3 Å². The van der Waals surface area contributed by atoms with Gasteiger partial charge in [0.15, 0.2) is 11.5 Å². The Morgan fingerprint density at radius 1 is 1.47 bits per heavy atom. The second-order valence-corrected chi connectivity index (χ2v) is 3.44. The molecule has 7 heteroatoms. The maximum absolute atomic E-state index is 11.7. The summed E-state index contributed by atoms with van der Waals surface area (Å²) in [6.07, 6.45) is 3.67. The average molecular weight is 238 g/mol. The number of carboxylic acid groups (broad SMARTS) is 1. The summed E-state index contributed by atoms with van der Waals surface area (Å²) < 4.78 is 0. The molecule has 0 aromatic carbocycles. The zero-order chi connectivity index (χ0) is 12.8. The lowest BCUT2D eigenvalue weighted by Crippen LogP contribution is -2.41. The second kappa shape index (κ2) is 5.78. The summed E-state index contributed by atoms with van der Waals surface area (Å²) >= 11 is 0. The van der Waals surface area contributed by atoms with Crippen molar-refractivity contribution >= 4 is 17.7 Å². The number of nitrogens with two attached hydrogens (primary N) is 1. The van der Waals surface area contributed by atoms with E-state index in [4.69, 9.17) is 10.8 Å². The lowest BCUT2D eigenvalue weighted by Gasteiger charge is -2.13. The number of carboxylic acids is 1. The van der Waals surface area contributed by atoms with Crippen LogP contribution in [0.4, 0.5) is 5.82 Å². The second-order valence-electron chi connectivity index (χ2n) is 3.44. The number of aromatic nitrogens is 2. The fourth-order valence-electron chi connectivity index (χ4n) is 1.30. The Kier molecular flexibility index (Phi) is 4.38.